The molecular weight excluding hydrogens is 346 g/mol. The Morgan fingerprint density at radius 3 is 3.08 bits per heavy atom. The zero-order valence-electron chi connectivity index (χ0n) is 14.6. The van der Waals surface area contributed by atoms with Gasteiger partial charge in [0.05, 0.1) is 23.7 Å². The summed E-state index contributed by atoms with van der Waals surface area (Å²) in [7, 11) is 0. The molecule has 4 rings (SSSR count). The summed E-state index contributed by atoms with van der Waals surface area (Å²) in [4.78, 5) is 20.8. The van der Waals surface area contributed by atoms with Gasteiger partial charge in [0, 0.05) is 12.0 Å². The Kier molecular flexibility index (Phi) is 4.84. The SMILES string of the molecule is CSCCC(NC(=O)c1ccc2c(c1)CCO2)c1nc2ccccc2[nH]1. The zero-order valence-corrected chi connectivity index (χ0v) is 15.4. The van der Waals surface area contributed by atoms with Crippen LogP contribution in [0.1, 0.15) is 34.2 Å². The van der Waals surface area contributed by atoms with E-state index in [0.29, 0.717) is 12.2 Å². The summed E-state index contributed by atoms with van der Waals surface area (Å²) < 4.78 is 5.52. The number of rotatable bonds is 6. The summed E-state index contributed by atoms with van der Waals surface area (Å²) >= 11 is 1.76. The van der Waals surface area contributed by atoms with Crippen LogP contribution in [0.5, 0.6) is 5.75 Å². The first-order valence-electron chi connectivity index (χ1n) is 8.75. The Labute approximate surface area is 156 Å². The molecule has 0 saturated carbocycles. The van der Waals surface area contributed by atoms with Crippen LogP contribution < -0.4 is 10.1 Å². The summed E-state index contributed by atoms with van der Waals surface area (Å²) in [5.41, 5.74) is 3.67. The van der Waals surface area contributed by atoms with Gasteiger partial charge in [-0.1, -0.05) is 12.1 Å². The van der Waals surface area contributed by atoms with Crippen molar-refractivity contribution in [1.29, 1.82) is 0 Å². The number of thioether (sulfide) groups is 1. The van der Waals surface area contributed by atoms with Gasteiger partial charge >= 0.3 is 0 Å². The summed E-state index contributed by atoms with van der Waals surface area (Å²) in [5, 5.41) is 3.15. The van der Waals surface area contributed by atoms with Crippen molar-refractivity contribution in [3.8, 4) is 5.75 Å². The third-order valence-electron chi connectivity index (χ3n) is 4.61. The number of nitrogens with one attached hydrogen (secondary N) is 2. The number of nitrogens with zero attached hydrogens (tertiary/aromatic N) is 1. The monoisotopic (exact) mass is 367 g/mol. The summed E-state index contributed by atoms with van der Waals surface area (Å²) in [5.74, 6) is 2.56. The number of carbonyl (C=O) groups is 1. The van der Waals surface area contributed by atoms with Crippen LogP contribution in [0.3, 0.4) is 0 Å². The molecule has 2 heterocycles. The third-order valence-corrected chi connectivity index (χ3v) is 5.25. The number of amides is 1. The molecule has 2 aromatic carbocycles. The Hall–Kier alpha value is -2.47. The fourth-order valence-corrected chi connectivity index (χ4v) is 3.69. The van der Waals surface area contributed by atoms with E-state index in [1.165, 1.54) is 0 Å². The highest BCUT2D eigenvalue weighted by Gasteiger charge is 2.20. The number of benzene rings is 2. The predicted octanol–water partition coefficient (Wildman–Crippen LogP) is 3.72. The molecule has 0 spiro atoms. The van der Waals surface area contributed by atoms with Gasteiger partial charge in [0.15, 0.2) is 0 Å². The molecule has 134 valence electrons. The second-order valence-corrected chi connectivity index (χ2v) is 7.35. The van der Waals surface area contributed by atoms with Crippen molar-refractivity contribution < 1.29 is 9.53 Å². The minimum absolute atomic E-state index is 0.0775. The lowest BCUT2D eigenvalue weighted by Crippen LogP contribution is -2.29. The first kappa shape index (κ1) is 17.0. The molecule has 1 atom stereocenters. The summed E-state index contributed by atoms with van der Waals surface area (Å²) in [6.45, 7) is 0.690. The van der Waals surface area contributed by atoms with E-state index in [4.69, 9.17) is 4.74 Å². The average Bonchev–Trinajstić information content (AvgIpc) is 3.30. The van der Waals surface area contributed by atoms with Gasteiger partial charge in [-0.3, -0.25) is 4.79 Å². The molecule has 26 heavy (non-hydrogen) atoms. The Bertz CT molecular complexity index is 905. The molecule has 6 heteroatoms. The summed E-state index contributed by atoms with van der Waals surface area (Å²) in [6, 6.07) is 13.4. The lowest BCUT2D eigenvalue weighted by Gasteiger charge is -2.16. The van der Waals surface area contributed by atoms with Gasteiger partial charge < -0.3 is 15.0 Å². The molecule has 1 aliphatic heterocycles. The normalized spacial score (nSPS) is 14.0. The van der Waals surface area contributed by atoms with Crippen molar-refractivity contribution in [1.82, 2.24) is 15.3 Å². The van der Waals surface area contributed by atoms with Gasteiger partial charge in [0.2, 0.25) is 0 Å². The highest BCUT2D eigenvalue weighted by atomic mass is 32.2. The van der Waals surface area contributed by atoms with Crippen molar-refractivity contribution in [3.63, 3.8) is 0 Å². The maximum absolute atomic E-state index is 12.8. The molecule has 3 aromatic rings. The van der Waals surface area contributed by atoms with Crippen molar-refractivity contribution in [3.05, 3.63) is 59.4 Å². The van der Waals surface area contributed by atoms with E-state index in [9.17, 15) is 4.79 Å². The average molecular weight is 367 g/mol. The van der Waals surface area contributed by atoms with Crippen molar-refractivity contribution in [2.24, 2.45) is 0 Å². The predicted molar refractivity (Wildman–Crippen MR) is 105 cm³/mol. The molecule has 1 aliphatic rings. The molecule has 5 nitrogen and oxygen atoms in total. The van der Waals surface area contributed by atoms with Gasteiger partial charge in [-0.15, -0.1) is 0 Å². The van der Waals surface area contributed by atoms with Crippen LogP contribution in [-0.4, -0.2) is 34.5 Å². The fourth-order valence-electron chi connectivity index (χ4n) is 3.22. The maximum atomic E-state index is 12.8. The van der Waals surface area contributed by atoms with E-state index in [0.717, 1.165) is 46.8 Å². The van der Waals surface area contributed by atoms with E-state index in [-0.39, 0.29) is 11.9 Å². The van der Waals surface area contributed by atoms with Crippen LogP contribution in [0, 0.1) is 0 Å². The molecule has 0 radical (unpaired) electrons. The van der Waals surface area contributed by atoms with Crippen LogP contribution >= 0.6 is 11.8 Å². The van der Waals surface area contributed by atoms with Gasteiger partial charge in [0.1, 0.15) is 11.6 Å². The molecule has 1 unspecified atom stereocenters. The number of imidazole rings is 1. The minimum atomic E-state index is -0.146. The first-order chi connectivity index (χ1) is 12.7. The number of carbonyl (C=O) groups excluding carboxylic acids is 1. The lowest BCUT2D eigenvalue weighted by molar-refractivity contribution is 0.0934. The lowest BCUT2D eigenvalue weighted by atomic mass is 10.1. The Balaban J connectivity index is 1.57. The number of aromatic nitrogens is 2. The number of ether oxygens (including phenoxy) is 1. The molecule has 0 saturated heterocycles. The van der Waals surface area contributed by atoms with E-state index in [1.54, 1.807) is 11.8 Å². The highest BCUT2D eigenvalue weighted by Crippen LogP contribution is 2.26. The Morgan fingerprint density at radius 2 is 2.23 bits per heavy atom. The number of hydrogen-bond donors (Lipinski definition) is 2. The first-order valence-corrected chi connectivity index (χ1v) is 10.1. The number of hydrogen-bond acceptors (Lipinski definition) is 4. The van der Waals surface area contributed by atoms with Gasteiger partial charge in [0.25, 0.3) is 5.91 Å². The largest absolute Gasteiger partial charge is 0.493 e. The number of fused-ring (bicyclic) bond motifs is 2. The van der Waals surface area contributed by atoms with Crippen LogP contribution in [0.4, 0.5) is 0 Å². The van der Waals surface area contributed by atoms with Crippen molar-refractivity contribution in [2.45, 2.75) is 18.9 Å². The van der Waals surface area contributed by atoms with Crippen LogP contribution in [0.2, 0.25) is 0 Å². The molecule has 1 aromatic heterocycles. The topological polar surface area (TPSA) is 67.0 Å². The zero-order chi connectivity index (χ0) is 17.9. The van der Waals surface area contributed by atoms with E-state index < -0.39 is 0 Å². The quantitative estimate of drug-likeness (QED) is 0.697. The number of H-pyrrole nitrogens is 1. The van der Waals surface area contributed by atoms with E-state index >= 15 is 0 Å². The molecule has 0 aliphatic carbocycles. The Morgan fingerprint density at radius 1 is 1.35 bits per heavy atom. The van der Waals surface area contributed by atoms with Crippen molar-refractivity contribution >= 4 is 28.7 Å². The van der Waals surface area contributed by atoms with Crippen LogP contribution in [0.15, 0.2) is 42.5 Å². The van der Waals surface area contributed by atoms with Crippen LogP contribution in [-0.2, 0) is 6.42 Å². The smallest absolute Gasteiger partial charge is 0.251 e. The number of aromatic amines is 1. The standard InChI is InChI=1S/C20H21N3O2S/c1-26-11-9-17(19-21-15-4-2-3-5-16(15)22-19)23-20(24)14-6-7-18-13(12-14)8-10-25-18/h2-7,12,17H,8-11H2,1H3,(H,21,22)(H,23,24). The third kappa shape index (κ3) is 3.42. The highest BCUT2D eigenvalue weighted by molar-refractivity contribution is 7.98. The second-order valence-electron chi connectivity index (χ2n) is 6.37. The van der Waals surface area contributed by atoms with Crippen molar-refractivity contribution in [2.75, 3.05) is 18.6 Å². The van der Waals surface area contributed by atoms with Gasteiger partial charge in [-0.2, -0.15) is 11.8 Å². The fraction of sp³-hybridized carbons (Fsp3) is 0.300. The molecule has 0 fully saturated rings. The van der Waals surface area contributed by atoms with E-state index in [1.807, 2.05) is 42.5 Å². The second kappa shape index (κ2) is 7.41. The molecular formula is C20H21N3O2S. The van der Waals surface area contributed by atoms with Gasteiger partial charge in [-0.25, -0.2) is 4.98 Å². The maximum Gasteiger partial charge on any atom is 0.251 e. The van der Waals surface area contributed by atoms with E-state index in [2.05, 4.69) is 21.5 Å². The number of para-hydroxylation sites is 2. The molecule has 1 amide bonds. The molecule has 0 bridgehead atoms. The van der Waals surface area contributed by atoms with Crippen LogP contribution in [0.25, 0.3) is 11.0 Å². The summed E-state index contributed by atoms with van der Waals surface area (Å²) in [6.07, 6.45) is 3.74. The molecule has 2 N–H and O–H groups in total. The minimum Gasteiger partial charge on any atom is -0.493 e. The van der Waals surface area contributed by atoms with Gasteiger partial charge in [-0.05, 0) is 54.3 Å².